The third kappa shape index (κ3) is 1.53. The van der Waals surface area contributed by atoms with E-state index in [4.69, 9.17) is 0 Å². The van der Waals surface area contributed by atoms with Gasteiger partial charge >= 0.3 is 0 Å². The Morgan fingerprint density at radius 1 is 1.00 bits per heavy atom. The first-order chi connectivity index (χ1) is 4.61. The zero-order valence-electron chi connectivity index (χ0n) is 7.65. The SMILES string of the molecule is C[C]1C(C)CC(C)CC1C. The Hall–Kier alpha value is 0. The van der Waals surface area contributed by atoms with Crippen LogP contribution in [0, 0.1) is 23.7 Å². The average Bonchev–Trinajstić information content (AvgIpc) is 1.82. The van der Waals surface area contributed by atoms with Crippen LogP contribution >= 0.6 is 0 Å². The number of hydrogen-bond donors (Lipinski definition) is 0. The van der Waals surface area contributed by atoms with Crippen LogP contribution in [0.25, 0.3) is 0 Å². The summed E-state index contributed by atoms with van der Waals surface area (Å²) in [5.74, 6) is 4.42. The highest BCUT2D eigenvalue weighted by molar-refractivity contribution is 4.99. The molecule has 1 aliphatic rings. The van der Waals surface area contributed by atoms with E-state index in [0.29, 0.717) is 0 Å². The van der Waals surface area contributed by atoms with Gasteiger partial charge in [0, 0.05) is 0 Å². The van der Waals surface area contributed by atoms with Crippen LogP contribution in [0.3, 0.4) is 0 Å². The van der Waals surface area contributed by atoms with E-state index >= 15 is 0 Å². The second-order valence-corrected chi connectivity index (χ2v) is 4.12. The molecule has 1 fully saturated rings. The molecule has 1 aliphatic carbocycles. The van der Waals surface area contributed by atoms with Crippen LogP contribution in [0.2, 0.25) is 0 Å². The van der Waals surface area contributed by atoms with Gasteiger partial charge in [0.1, 0.15) is 0 Å². The fraction of sp³-hybridized carbons (Fsp3) is 0.900. The molecule has 0 nitrogen and oxygen atoms in total. The Balaban J connectivity index is 2.49. The van der Waals surface area contributed by atoms with Crippen molar-refractivity contribution in [3.63, 3.8) is 0 Å². The third-order valence-corrected chi connectivity index (χ3v) is 3.07. The minimum atomic E-state index is 0.874. The second-order valence-electron chi connectivity index (χ2n) is 4.12. The lowest BCUT2D eigenvalue weighted by Crippen LogP contribution is -2.24. The van der Waals surface area contributed by atoms with E-state index in [1.807, 2.05) is 0 Å². The topological polar surface area (TPSA) is 0 Å². The van der Waals surface area contributed by atoms with E-state index in [9.17, 15) is 0 Å². The van der Waals surface area contributed by atoms with Crippen LogP contribution in [0.5, 0.6) is 0 Å². The Kier molecular flexibility index (Phi) is 2.38. The van der Waals surface area contributed by atoms with Gasteiger partial charge in [0.2, 0.25) is 0 Å². The summed E-state index contributed by atoms with van der Waals surface area (Å²) in [6.45, 7) is 9.42. The van der Waals surface area contributed by atoms with E-state index in [1.165, 1.54) is 12.8 Å². The molecule has 2 atom stereocenters. The van der Waals surface area contributed by atoms with Crippen molar-refractivity contribution in [1.29, 1.82) is 0 Å². The molecule has 1 saturated carbocycles. The first kappa shape index (κ1) is 8.10. The van der Waals surface area contributed by atoms with Crippen LogP contribution in [-0.4, -0.2) is 0 Å². The Morgan fingerprint density at radius 2 is 1.40 bits per heavy atom. The molecule has 0 aromatic carbocycles. The van der Waals surface area contributed by atoms with Crippen molar-refractivity contribution in [2.24, 2.45) is 17.8 Å². The molecule has 1 rings (SSSR count). The molecule has 0 aromatic heterocycles. The lowest BCUT2D eigenvalue weighted by Gasteiger charge is -2.35. The van der Waals surface area contributed by atoms with Gasteiger partial charge in [0.25, 0.3) is 0 Å². The number of hydrogen-bond acceptors (Lipinski definition) is 0. The van der Waals surface area contributed by atoms with Crippen LogP contribution < -0.4 is 0 Å². The van der Waals surface area contributed by atoms with Crippen molar-refractivity contribution < 1.29 is 0 Å². The van der Waals surface area contributed by atoms with E-state index in [1.54, 1.807) is 5.92 Å². The van der Waals surface area contributed by atoms with Crippen LogP contribution in [0.1, 0.15) is 40.5 Å². The normalized spacial score (nSPS) is 43.8. The molecule has 0 aromatic rings. The molecule has 0 saturated heterocycles. The van der Waals surface area contributed by atoms with Crippen molar-refractivity contribution >= 4 is 0 Å². The molecule has 0 aliphatic heterocycles. The van der Waals surface area contributed by atoms with Gasteiger partial charge in [-0.2, -0.15) is 0 Å². The van der Waals surface area contributed by atoms with Gasteiger partial charge in [-0.1, -0.05) is 27.7 Å². The highest BCUT2D eigenvalue weighted by Gasteiger charge is 2.27. The highest BCUT2D eigenvalue weighted by Crippen LogP contribution is 2.38. The summed E-state index contributed by atoms with van der Waals surface area (Å²) in [6.07, 6.45) is 2.83. The molecule has 0 amide bonds. The zero-order valence-corrected chi connectivity index (χ0v) is 7.65. The zero-order chi connectivity index (χ0) is 7.72. The minimum Gasteiger partial charge on any atom is -0.0625 e. The summed E-state index contributed by atoms with van der Waals surface area (Å²) < 4.78 is 0. The molecule has 0 bridgehead atoms. The third-order valence-electron chi connectivity index (χ3n) is 3.07. The predicted molar refractivity (Wildman–Crippen MR) is 45.6 cm³/mol. The molecule has 1 radical (unpaired) electrons. The number of rotatable bonds is 0. The monoisotopic (exact) mass is 139 g/mol. The Labute approximate surface area is 65.0 Å². The van der Waals surface area contributed by atoms with E-state index in [0.717, 1.165) is 17.8 Å². The van der Waals surface area contributed by atoms with E-state index in [2.05, 4.69) is 27.7 Å². The van der Waals surface area contributed by atoms with Gasteiger partial charge in [-0.25, -0.2) is 0 Å². The molecule has 0 heterocycles. The summed E-state index contributed by atoms with van der Waals surface area (Å²) in [4.78, 5) is 0. The molecular weight excluding hydrogens is 120 g/mol. The lowest BCUT2D eigenvalue weighted by atomic mass is 9.71. The molecule has 59 valence electrons. The summed E-state index contributed by atoms with van der Waals surface area (Å²) in [7, 11) is 0. The average molecular weight is 139 g/mol. The van der Waals surface area contributed by atoms with Gasteiger partial charge in [0.05, 0.1) is 0 Å². The smallest absolute Gasteiger partial charge is 0.0215 e. The van der Waals surface area contributed by atoms with Gasteiger partial charge in [0.15, 0.2) is 0 Å². The minimum absolute atomic E-state index is 0.874. The van der Waals surface area contributed by atoms with Gasteiger partial charge in [-0.15, -0.1) is 0 Å². The fourth-order valence-electron chi connectivity index (χ4n) is 2.16. The van der Waals surface area contributed by atoms with Crippen LogP contribution in [-0.2, 0) is 0 Å². The maximum atomic E-state index is 2.37. The standard InChI is InChI=1S/C10H19/c1-7-5-8(2)10(4)9(3)6-7/h7-9H,5-6H2,1-4H3. The van der Waals surface area contributed by atoms with Gasteiger partial charge < -0.3 is 0 Å². The Morgan fingerprint density at radius 3 is 1.80 bits per heavy atom. The second kappa shape index (κ2) is 2.94. The first-order valence-corrected chi connectivity index (χ1v) is 4.44. The first-order valence-electron chi connectivity index (χ1n) is 4.44. The Bertz CT molecular complexity index is 94.6. The lowest BCUT2D eigenvalue weighted by molar-refractivity contribution is 0.267. The van der Waals surface area contributed by atoms with E-state index < -0.39 is 0 Å². The van der Waals surface area contributed by atoms with Crippen molar-refractivity contribution in [2.45, 2.75) is 40.5 Å². The fourth-order valence-corrected chi connectivity index (χ4v) is 2.16. The van der Waals surface area contributed by atoms with Gasteiger partial charge in [-0.3, -0.25) is 0 Å². The summed E-state index contributed by atoms with van der Waals surface area (Å²) >= 11 is 0. The maximum Gasteiger partial charge on any atom is -0.0215 e. The van der Waals surface area contributed by atoms with Crippen molar-refractivity contribution in [2.75, 3.05) is 0 Å². The summed E-state index contributed by atoms with van der Waals surface area (Å²) in [5.41, 5.74) is 0. The quantitative estimate of drug-likeness (QED) is 0.483. The largest absolute Gasteiger partial charge is 0.0625 e. The summed E-state index contributed by atoms with van der Waals surface area (Å²) in [6, 6.07) is 0. The van der Waals surface area contributed by atoms with Crippen molar-refractivity contribution in [3.05, 3.63) is 5.92 Å². The van der Waals surface area contributed by atoms with Gasteiger partial charge in [-0.05, 0) is 36.5 Å². The maximum absolute atomic E-state index is 2.37. The van der Waals surface area contributed by atoms with Crippen molar-refractivity contribution in [3.8, 4) is 0 Å². The molecule has 0 spiro atoms. The predicted octanol–water partition coefficient (Wildman–Crippen LogP) is 3.28. The molecule has 0 N–H and O–H groups in total. The van der Waals surface area contributed by atoms with Crippen LogP contribution in [0.15, 0.2) is 0 Å². The van der Waals surface area contributed by atoms with E-state index in [-0.39, 0.29) is 0 Å². The molecular formula is C10H19. The molecule has 2 unspecified atom stereocenters. The summed E-state index contributed by atoms with van der Waals surface area (Å²) in [5, 5.41) is 0. The van der Waals surface area contributed by atoms with Crippen LogP contribution in [0.4, 0.5) is 0 Å². The highest BCUT2D eigenvalue weighted by atomic mass is 14.3. The molecule has 10 heavy (non-hydrogen) atoms. The van der Waals surface area contributed by atoms with Crippen molar-refractivity contribution in [1.82, 2.24) is 0 Å². The molecule has 0 heteroatoms.